The zero-order chi connectivity index (χ0) is 17.0. The second-order valence-electron chi connectivity index (χ2n) is 7.14. The van der Waals surface area contributed by atoms with Crippen molar-refractivity contribution in [3.05, 3.63) is 29.3 Å². The van der Waals surface area contributed by atoms with E-state index in [-0.39, 0.29) is 11.9 Å². The lowest BCUT2D eigenvalue weighted by Crippen LogP contribution is -2.35. The number of nitrogens with zero attached hydrogens (tertiary/aromatic N) is 1. The monoisotopic (exact) mass is 317 g/mol. The molecule has 1 fully saturated rings. The molecule has 23 heavy (non-hydrogen) atoms. The van der Waals surface area contributed by atoms with Gasteiger partial charge in [0.05, 0.1) is 5.56 Å². The van der Waals surface area contributed by atoms with Gasteiger partial charge in [-0.1, -0.05) is 13.3 Å². The fourth-order valence-electron chi connectivity index (χ4n) is 2.80. The molecule has 126 valence electrons. The number of amides is 1. The van der Waals surface area contributed by atoms with Crippen LogP contribution in [0, 0.1) is 0 Å². The molecule has 4 nitrogen and oxygen atoms in total. The summed E-state index contributed by atoms with van der Waals surface area (Å²) in [4.78, 5) is 26.4. The predicted molar refractivity (Wildman–Crippen MR) is 91.8 cm³/mol. The minimum absolute atomic E-state index is 0.139. The quantitative estimate of drug-likeness (QED) is 0.785. The second-order valence-corrected chi connectivity index (χ2v) is 7.14. The van der Waals surface area contributed by atoms with E-state index in [0.717, 1.165) is 43.5 Å². The first-order valence-electron chi connectivity index (χ1n) is 8.48. The van der Waals surface area contributed by atoms with Crippen molar-refractivity contribution < 1.29 is 14.3 Å². The maximum atomic E-state index is 12.4. The molecule has 4 heteroatoms. The number of hydrogen-bond donors (Lipinski definition) is 0. The predicted octanol–water partition coefficient (Wildman–Crippen LogP) is 4.11. The number of carbonyl (C=O) groups excluding carboxylic acids is 2. The van der Waals surface area contributed by atoms with Crippen molar-refractivity contribution in [3.63, 3.8) is 0 Å². The first-order valence-corrected chi connectivity index (χ1v) is 8.48. The Hall–Kier alpha value is -1.84. The summed E-state index contributed by atoms with van der Waals surface area (Å²) in [7, 11) is 0. The molecule has 1 amide bonds. The van der Waals surface area contributed by atoms with Crippen molar-refractivity contribution in [3.8, 4) is 0 Å². The van der Waals surface area contributed by atoms with Crippen LogP contribution in [0.2, 0.25) is 0 Å². The summed E-state index contributed by atoms with van der Waals surface area (Å²) >= 11 is 0. The van der Waals surface area contributed by atoms with Crippen molar-refractivity contribution in [1.82, 2.24) is 0 Å². The summed E-state index contributed by atoms with van der Waals surface area (Å²) in [6.07, 6.45) is 4.41. The van der Waals surface area contributed by atoms with E-state index in [2.05, 4.69) is 6.92 Å². The third kappa shape index (κ3) is 4.81. The van der Waals surface area contributed by atoms with E-state index in [0.29, 0.717) is 12.0 Å². The van der Waals surface area contributed by atoms with E-state index in [9.17, 15) is 9.59 Å². The van der Waals surface area contributed by atoms with Gasteiger partial charge in [0.2, 0.25) is 5.91 Å². The summed E-state index contributed by atoms with van der Waals surface area (Å²) in [6.45, 7) is 8.40. The summed E-state index contributed by atoms with van der Waals surface area (Å²) in [5, 5.41) is 0. The third-order valence-electron chi connectivity index (χ3n) is 3.79. The van der Waals surface area contributed by atoms with Gasteiger partial charge in [-0.05, 0) is 63.8 Å². The Balaban J connectivity index is 2.35. The van der Waals surface area contributed by atoms with Crippen LogP contribution >= 0.6 is 0 Å². The fraction of sp³-hybridized carbons (Fsp3) is 0.579. The second kappa shape index (κ2) is 7.16. The lowest BCUT2D eigenvalue weighted by Gasteiger charge is -2.28. The Bertz CT molecular complexity index is 587. The van der Waals surface area contributed by atoms with Gasteiger partial charge >= 0.3 is 5.97 Å². The molecule has 0 radical (unpaired) electrons. The number of esters is 1. The molecule has 1 aromatic carbocycles. The summed E-state index contributed by atoms with van der Waals surface area (Å²) < 4.78 is 5.48. The Morgan fingerprint density at radius 2 is 1.96 bits per heavy atom. The molecule has 1 saturated heterocycles. The van der Waals surface area contributed by atoms with Crippen molar-refractivity contribution in [2.45, 2.75) is 65.4 Å². The zero-order valence-corrected chi connectivity index (χ0v) is 14.6. The SMILES string of the molecule is CCCc1cc(C(=O)OC(C)(C)C)cc(N2CCCCC2=O)c1. The number of benzene rings is 1. The van der Waals surface area contributed by atoms with Crippen molar-refractivity contribution in [2.75, 3.05) is 11.4 Å². The van der Waals surface area contributed by atoms with Crippen LogP contribution in [-0.4, -0.2) is 24.0 Å². The van der Waals surface area contributed by atoms with Crippen LogP contribution in [0.1, 0.15) is 69.3 Å². The van der Waals surface area contributed by atoms with Crippen LogP contribution in [-0.2, 0) is 16.0 Å². The summed E-state index contributed by atoms with van der Waals surface area (Å²) in [5.41, 5.74) is 1.89. The summed E-state index contributed by atoms with van der Waals surface area (Å²) in [5.74, 6) is -0.193. The maximum absolute atomic E-state index is 12.4. The van der Waals surface area contributed by atoms with Gasteiger partial charge in [-0.3, -0.25) is 4.79 Å². The lowest BCUT2D eigenvalue weighted by molar-refractivity contribution is -0.119. The Morgan fingerprint density at radius 3 is 2.57 bits per heavy atom. The average molecular weight is 317 g/mol. The Kier molecular flexibility index (Phi) is 5.45. The van der Waals surface area contributed by atoms with E-state index in [1.54, 1.807) is 11.0 Å². The lowest BCUT2D eigenvalue weighted by atomic mass is 10.0. The van der Waals surface area contributed by atoms with Crippen LogP contribution < -0.4 is 4.90 Å². The number of aryl methyl sites for hydroxylation is 1. The highest BCUT2D eigenvalue weighted by Crippen LogP contribution is 2.25. The molecule has 0 aliphatic carbocycles. The number of anilines is 1. The van der Waals surface area contributed by atoms with Gasteiger partial charge in [0.1, 0.15) is 5.60 Å². The van der Waals surface area contributed by atoms with Gasteiger partial charge in [-0.2, -0.15) is 0 Å². The first kappa shape index (κ1) is 17.5. The maximum Gasteiger partial charge on any atom is 0.338 e. The van der Waals surface area contributed by atoms with Gasteiger partial charge in [0.15, 0.2) is 0 Å². The van der Waals surface area contributed by atoms with Gasteiger partial charge in [0, 0.05) is 18.7 Å². The van der Waals surface area contributed by atoms with Gasteiger partial charge in [-0.15, -0.1) is 0 Å². The van der Waals surface area contributed by atoms with Crippen LogP contribution in [0.5, 0.6) is 0 Å². The molecule has 0 atom stereocenters. The van der Waals surface area contributed by atoms with Gasteiger partial charge in [-0.25, -0.2) is 4.79 Å². The molecule has 0 unspecified atom stereocenters. The molecule has 0 spiro atoms. The molecule has 1 aliphatic heterocycles. The van der Waals surface area contributed by atoms with Crippen LogP contribution in [0.25, 0.3) is 0 Å². The smallest absolute Gasteiger partial charge is 0.338 e. The highest BCUT2D eigenvalue weighted by Gasteiger charge is 2.23. The number of ether oxygens (including phenoxy) is 1. The highest BCUT2D eigenvalue weighted by atomic mass is 16.6. The molecule has 0 saturated carbocycles. The largest absolute Gasteiger partial charge is 0.456 e. The normalized spacial score (nSPS) is 15.7. The van der Waals surface area contributed by atoms with E-state index in [1.165, 1.54) is 0 Å². The van der Waals surface area contributed by atoms with E-state index in [1.807, 2.05) is 32.9 Å². The molecule has 1 aromatic rings. The minimum Gasteiger partial charge on any atom is -0.456 e. The van der Waals surface area contributed by atoms with Crippen LogP contribution in [0.15, 0.2) is 18.2 Å². The van der Waals surface area contributed by atoms with Crippen molar-refractivity contribution in [1.29, 1.82) is 0 Å². The van der Waals surface area contributed by atoms with E-state index < -0.39 is 5.60 Å². The molecule has 0 aromatic heterocycles. The Morgan fingerprint density at radius 1 is 1.22 bits per heavy atom. The fourth-order valence-corrected chi connectivity index (χ4v) is 2.80. The number of carbonyl (C=O) groups is 2. The average Bonchev–Trinajstić information content (AvgIpc) is 2.46. The number of rotatable bonds is 4. The number of piperidine rings is 1. The first-order chi connectivity index (χ1) is 10.8. The third-order valence-corrected chi connectivity index (χ3v) is 3.79. The molecular weight excluding hydrogens is 290 g/mol. The van der Waals surface area contributed by atoms with E-state index in [4.69, 9.17) is 4.74 Å². The highest BCUT2D eigenvalue weighted by molar-refractivity contribution is 5.97. The van der Waals surface area contributed by atoms with E-state index >= 15 is 0 Å². The standard InChI is InChI=1S/C19H27NO3/c1-5-8-14-11-15(18(22)23-19(2,3)4)13-16(12-14)20-10-7-6-9-17(20)21/h11-13H,5-10H2,1-4H3. The topological polar surface area (TPSA) is 46.6 Å². The molecule has 1 heterocycles. The van der Waals surface area contributed by atoms with Gasteiger partial charge in [0.25, 0.3) is 0 Å². The van der Waals surface area contributed by atoms with Crippen molar-refractivity contribution >= 4 is 17.6 Å². The molecular formula is C19H27NO3. The minimum atomic E-state index is -0.529. The summed E-state index contributed by atoms with van der Waals surface area (Å²) in [6, 6.07) is 5.70. The Labute approximate surface area is 138 Å². The van der Waals surface area contributed by atoms with Crippen molar-refractivity contribution in [2.24, 2.45) is 0 Å². The molecule has 1 aliphatic rings. The number of hydrogen-bond acceptors (Lipinski definition) is 3. The van der Waals surface area contributed by atoms with Crippen LogP contribution in [0.4, 0.5) is 5.69 Å². The molecule has 0 bridgehead atoms. The molecule has 2 rings (SSSR count). The molecule has 0 N–H and O–H groups in total. The van der Waals surface area contributed by atoms with Crippen LogP contribution in [0.3, 0.4) is 0 Å². The zero-order valence-electron chi connectivity index (χ0n) is 14.6. The van der Waals surface area contributed by atoms with Gasteiger partial charge < -0.3 is 9.64 Å².